The SMILES string of the molecule is CC(C)C(C)C(N)Cc1ccn(C2CCCCC2)n1. The van der Waals surface area contributed by atoms with Crippen LogP contribution in [0.25, 0.3) is 0 Å². The lowest BCUT2D eigenvalue weighted by molar-refractivity contribution is 0.322. The molecule has 19 heavy (non-hydrogen) atoms. The molecule has 0 aliphatic heterocycles. The van der Waals surface area contributed by atoms with Crippen LogP contribution in [0, 0.1) is 11.8 Å². The zero-order chi connectivity index (χ0) is 13.8. The fourth-order valence-corrected chi connectivity index (χ4v) is 2.96. The van der Waals surface area contributed by atoms with Crippen molar-refractivity contribution in [1.29, 1.82) is 0 Å². The van der Waals surface area contributed by atoms with E-state index in [1.165, 1.54) is 32.1 Å². The highest BCUT2D eigenvalue weighted by Gasteiger charge is 2.19. The van der Waals surface area contributed by atoms with Crippen LogP contribution in [-0.4, -0.2) is 15.8 Å². The standard InChI is InChI=1S/C16H29N3/c1-12(2)13(3)16(17)11-14-9-10-19(18-14)15-7-5-4-6-8-15/h9-10,12-13,15-16H,4-8,11,17H2,1-3H3. The molecular formula is C16H29N3. The van der Waals surface area contributed by atoms with Crippen molar-refractivity contribution in [2.24, 2.45) is 17.6 Å². The van der Waals surface area contributed by atoms with Crippen molar-refractivity contribution in [2.75, 3.05) is 0 Å². The fourth-order valence-electron chi connectivity index (χ4n) is 2.96. The molecule has 0 amide bonds. The molecule has 2 atom stereocenters. The summed E-state index contributed by atoms with van der Waals surface area (Å²) >= 11 is 0. The number of nitrogens with two attached hydrogens (primary N) is 1. The molecule has 0 radical (unpaired) electrons. The third-order valence-corrected chi connectivity index (χ3v) is 4.78. The van der Waals surface area contributed by atoms with Gasteiger partial charge in [0.1, 0.15) is 0 Å². The van der Waals surface area contributed by atoms with Gasteiger partial charge in [-0.2, -0.15) is 5.10 Å². The second-order valence-electron chi connectivity index (χ2n) is 6.55. The van der Waals surface area contributed by atoms with Gasteiger partial charge in [-0.1, -0.05) is 40.0 Å². The highest BCUT2D eigenvalue weighted by atomic mass is 15.3. The van der Waals surface area contributed by atoms with Crippen molar-refractivity contribution in [1.82, 2.24) is 9.78 Å². The van der Waals surface area contributed by atoms with E-state index >= 15 is 0 Å². The van der Waals surface area contributed by atoms with Crippen LogP contribution in [0.5, 0.6) is 0 Å². The van der Waals surface area contributed by atoms with Gasteiger partial charge in [-0.05, 0) is 30.7 Å². The van der Waals surface area contributed by atoms with Crippen LogP contribution in [-0.2, 0) is 6.42 Å². The van der Waals surface area contributed by atoms with Crippen LogP contribution in [0.3, 0.4) is 0 Å². The first-order valence-electron chi connectivity index (χ1n) is 7.87. The maximum Gasteiger partial charge on any atom is 0.0640 e. The predicted molar refractivity (Wildman–Crippen MR) is 80.0 cm³/mol. The monoisotopic (exact) mass is 263 g/mol. The van der Waals surface area contributed by atoms with Gasteiger partial charge in [0.15, 0.2) is 0 Å². The Bertz CT molecular complexity index is 377. The molecule has 1 fully saturated rings. The summed E-state index contributed by atoms with van der Waals surface area (Å²) in [5.41, 5.74) is 7.45. The number of rotatable bonds is 5. The molecular weight excluding hydrogens is 234 g/mol. The molecule has 3 nitrogen and oxygen atoms in total. The third-order valence-electron chi connectivity index (χ3n) is 4.78. The van der Waals surface area contributed by atoms with E-state index in [1.807, 2.05) is 0 Å². The van der Waals surface area contributed by atoms with Crippen LogP contribution in [0.4, 0.5) is 0 Å². The topological polar surface area (TPSA) is 43.8 Å². The number of nitrogens with zero attached hydrogens (tertiary/aromatic N) is 2. The normalized spacial score (nSPS) is 20.7. The first kappa shape index (κ1) is 14.6. The minimum absolute atomic E-state index is 0.217. The molecule has 2 rings (SSSR count). The second-order valence-corrected chi connectivity index (χ2v) is 6.55. The molecule has 2 unspecified atom stereocenters. The van der Waals surface area contributed by atoms with Crippen LogP contribution < -0.4 is 5.73 Å². The smallest absolute Gasteiger partial charge is 0.0640 e. The first-order chi connectivity index (χ1) is 9.08. The van der Waals surface area contributed by atoms with E-state index in [1.54, 1.807) is 0 Å². The maximum absolute atomic E-state index is 6.29. The quantitative estimate of drug-likeness (QED) is 0.883. The maximum atomic E-state index is 6.29. The number of hydrogen-bond donors (Lipinski definition) is 1. The molecule has 2 N–H and O–H groups in total. The molecule has 1 aliphatic carbocycles. The van der Waals surface area contributed by atoms with Crippen molar-refractivity contribution >= 4 is 0 Å². The van der Waals surface area contributed by atoms with Gasteiger partial charge >= 0.3 is 0 Å². The first-order valence-corrected chi connectivity index (χ1v) is 7.87. The van der Waals surface area contributed by atoms with Crippen LogP contribution in [0.2, 0.25) is 0 Å². The summed E-state index contributed by atoms with van der Waals surface area (Å²) in [6.45, 7) is 6.73. The molecule has 1 aliphatic rings. The average Bonchev–Trinajstić information content (AvgIpc) is 2.87. The van der Waals surface area contributed by atoms with E-state index in [0.29, 0.717) is 17.9 Å². The van der Waals surface area contributed by atoms with Gasteiger partial charge in [-0.3, -0.25) is 4.68 Å². The molecule has 1 saturated carbocycles. The molecule has 108 valence electrons. The van der Waals surface area contributed by atoms with Gasteiger partial charge in [0.25, 0.3) is 0 Å². The zero-order valence-electron chi connectivity index (χ0n) is 12.7. The van der Waals surface area contributed by atoms with Crippen LogP contribution in [0.15, 0.2) is 12.3 Å². The summed E-state index contributed by atoms with van der Waals surface area (Å²) in [6, 6.07) is 3.00. The molecule has 1 aromatic heterocycles. The highest BCUT2D eigenvalue weighted by molar-refractivity contribution is 5.03. The average molecular weight is 263 g/mol. The van der Waals surface area contributed by atoms with Crippen molar-refractivity contribution in [3.63, 3.8) is 0 Å². The van der Waals surface area contributed by atoms with E-state index in [2.05, 4.69) is 37.7 Å². The van der Waals surface area contributed by atoms with E-state index in [-0.39, 0.29) is 6.04 Å². The molecule has 1 heterocycles. The number of hydrogen-bond acceptors (Lipinski definition) is 2. The highest BCUT2D eigenvalue weighted by Crippen LogP contribution is 2.27. The second kappa shape index (κ2) is 6.56. The van der Waals surface area contributed by atoms with Crippen molar-refractivity contribution in [2.45, 2.75) is 71.4 Å². The lowest BCUT2D eigenvalue weighted by Crippen LogP contribution is -2.33. The van der Waals surface area contributed by atoms with Crippen molar-refractivity contribution < 1.29 is 0 Å². The summed E-state index contributed by atoms with van der Waals surface area (Å²) in [5, 5.41) is 4.75. The zero-order valence-corrected chi connectivity index (χ0v) is 12.7. The van der Waals surface area contributed by atoms with E-state index in [9.17, 15) is 0 Å². The van der Waals surface area contributed by atoms with Gasteiger partial charge in [0.05, 0.1) is 11.7 Å². The van der Waals surface area contributed by atoms with Gasteiger partial charge in [-0.15, -0.1) is 0 Å². The minimum Gasteiger partial charge on any atom is -0.327 e. The fraction of sp³-hybridized carbons (Fsp3) is 0.812. The largest absolute Gasteiger partial charge is 0.327 e. The Labute approximate surface area is 117 Å². The summed E-state index contributed by atoms with van der Waals surface area (Å²) in [4.78, 5) is 0. The Balaban J connectivity index is 1.93. The molecule has 0 aromatic carbocycles. The Morgan fingerprint density at radius 3 is 2.58 bits per heavy atom. The molecule has 0 spiro atoms. The van der Waals surface area contributed by atoms with Gasteiger partial charge in [0.2, 0.25) is 0 Å². The summed E-state index contributed by atoms with van der Waals surface area (Å²) in [6.07, 6.45) is 9.72. The van der Waals surface area contributed by atoms with Crippen LogP contribution >= 0.6 is 0 Å². The van der Waals surface area contributed by atoms with Gasteiger partial charge < -0.3 is 5.73 Å². The van der Waals surface area contributed by atoms with Crippen molar-refractivity contribution in [3.8, 4) is 0 Å². The Kier molecular flexibility index (Phi) is 5.03. The summed E-state index contributed by atoms with van der Waals surface area (Å²) in [7, 11) is 0. The Hall–Kier alpha value is -0.830. The molecule has 0 bridgehead atoms. The van der Waals surface area contributed by atoms with E-state index in [4.69, 9.17) is 10.8 Å². The summed E-state index contributed by atoms with van der Waals surface area (Å²) in [5.74, 6) is 1.18. The van der Waals surface area contributed by atoms with Crippen molar-refractivity contribution in [3.05, 3.63) is 18.0 Å². The van der Waals surface area contributed by atoms with E-state index in [0.717, 1.165) is 12.1 Å². The van der Waals surface area contributed by atoms with Gasteiger partial charge in [0, 0.05) is 18.7 Å². The molecule has 1 aromatic rings. The molecule has 0 saturated heterocycles. The lowest BCUT2D eigenvalue weighted by atomic mass is 9.88. The Morgan fingerprint density at radius 1 is 1.26 bits per heavy atom. The van der Waals surface area contributed by atoms with E-state index < -0.39 is 0 Å². The predicted octanol–water partition coefficient (Wildman–Crippen LogP) is 3.55. The third kappa shape index (κ3) is 3.82. The molecule has 3 heteroatoms. The summed E-state index contributed by atoms with van der Waals surface area (Å²) < 4.78 is 2.18. The van der Waals surface area contributed by atoms with Gasteiger partial charge in [-0.25, -0.2) is 0 Å². The minimum atomic E-state index is 0.217. The lowest BCUT2D eigenvalue weighted by Gasteiger charge is -2.23. The number of aromatic nitrogens is 2. The van der Waals surface area contributed by atoms with Crippen LogP contribution in [0.1, 0.15) is 64.6 Å². The Morgan fingerprint density at radius 2 is 1.95 bits per heavy atom.